The molecule has 13 N–H and O–H groups in total. The van der Waals surface area contributed by atoms with E-state index in [1.54, 1.807) is 41.5 Å². The van der Waals surface area contributed by atoms with Crippen LogP contribution in [-0.2, 0) is 87.2 Å². The molecule has 0 saturated carbocycles. The van der Waals surface area contributed by atoms with E-state index in [0.29, 0.717) is 31.6 Å². The minimum Gasteiger partial charge on any atom is -0.489 e. The van der Waals surface area contributed by atoms with Crippen molar-refractivity contribution < 1.29 is 57.7 Å². The summed E-state index contributed by atoms with van der Waals surface area (Å²) in [5, 5.41) is 23.1. The Morgan fingerprint density at radius 1 is 0.485 bits per heavy atom. The second kappa shape index (κ2) is 38.3. The highest BCUT2D eigenvalue weighted by atomic mass is 16.5. The van der Waals surface area contributed by atoms with Crippen molar-refractivity contribution in [1.82, 2.24) is 16.0 Å². The molecule has 3 aliphatic carbocycles. The van der Waals surface area contributed by atoms with Gasteiger partial charge in [-0.3, -0.25) is 43.2 Å². The van der Waals surface area contributed by atoms with E-state index in [2.05, 4.69) is 63.7 Å². The zero-order valence-electron chi connectivity index (χ0n) is 60.9. The van der Waals surface area contributed by atoms with E-state index in [1.165, 1.54) is 64.9 Å². The number of rotatable bonds is 14. The topological polar surface area (TPSA) is 345 Å². The molecule has 0 bridgehead atoms. The first-order chi connectivity index (χ1) is 48.9. The van der Waals surface area contributed by atoms with Crippen LogP contribution < -0.4 is 53.7 Å². The molecule has 3 fully saturated rings. The number of ketones is 8. The number of amides is 1. The van der Waals surface area contributed by atoms with E-state index in [1.807, 2.05) is 127 Å². The summed E-state index contributed by atoms with van der Waals surface area (Å²) >= 11 is 0. The molecule has 1 amide bonds. The van der Waals surface area contributed by atoms with E-state index in [9.17, 15) is 43.2 Å². The fourth-order valence-corrected chi connectivity index (χ4v) is 13.2. The number of aryl methyl sites for hydroxylation is 1. The number of anilines is 1. The molecule has 20 nitrogen and oxygen atoms in total. The maximum absolute atomic E-state index is 11.4. The van der Waals surface area contributed by atoms with Crippen LogP contribution in [0, 0.1) is 5.92 Å². The van der Waals surface area contributed by atoms with Gasteiger partial charge in [0.05, 0.1) is 47.9 Å². The summed E-state index contributed by atoms with van der Waals surface area (Å²) in [6.07, 6.45) is 7.97. The number of Topliss-reactive ketones (excluding diaryl/α,β-unsaturated/α-hetero) is 8. The molecule has 0 radical (unpaired) electrons. The second-order valence-corrected chi connectivity index (χ2v) is 27.8. The van der Waals surface area contributed by atoms with Gasteiger partial charge in [-0.15, -0.1) is 0 Å². The van der Waals surface area contributed by atoms with Gasteiger partial charge in [0.15, 0.2) is 17.3 Å². The summed E-state index contributed by atoms with van der Waals surface area (Å²) in [6.45, 7) is 15.4. The van der Waals surface area contributed by atoms with Crippen LogP contribution in [0.4, 0.5) is 5.69 Å². The predicted molar refractivity (Wildman–Crippen MR) is 403 cm³/mol. The molecule has 0 aromatic heterocycles. The summed E-state index contributed by atoms with van der Waals surface area (Å²) in [6, 6.07) is 55.2. The van der Waals surface area contributed by atoms with E-state index < -0.39 is 23.2 Å². The third-order valence-electron chi connectivity index (χ3n) is 19.8. The third-order valence-corrected chi connectivity index (χ3v) is 19.8. The number of aliphatic hydroxyl groups is 1. The van der Waals surface area contributed by atoms with Crippen LogP contribution >= 0.6 is 0 Å². The number of ether oxygens (including phenoxy) is 2. The van der Waals surface area contributed by atoms with Crippen LogP contribution in [0.25, 0.3) is 10.8 Å². The number of hydrogen-bond acceptors (Lipinski definition) is 19. The molecule has 4 aliphatic heterocycles. The van der Waals surface area contributed by atoms with Crippen LogP contribution in [0.1, 0.15) is 133 Å². The Morgan fingerprint density at radius 3 is 1.41 bits per heavy atom. The van der Waals surface area contributed by atoms with Crippen LogP contribution in [0.3, 0.4) is 0 Å². The van der Waals surface area contributed by atoms with E-state index in [0.717, 1.165) is 80.8 Å². The zero-order chi connectivity index (χ0) is 75.1. The van der Waals surface area contributed by atoms with Gasteiger partial charge in [-0.05, 0) is 193 Å². The number of carbonyl (C=O) groups excluding carboxylic acids is 9. The molecule has 3 saturated heterocycles. The molecular weight excluding hydrogens is 1300 g/mol. The summed E-state index contributed by atoms with van der Waals surface area (Å²) in [4.78, 5) is 98.7. The number of fused-ring (bicyclic) bond motifs is 5. The fraction of sp³-hybridized carbons (Fsp3) is 0.410. The Bertz CT molecular complexity index is 4010. The lowest BCUT2D eigenvalue weighted by Crippen LogP contribution is -2.47. The van der Waals surface area contributed by atoms with Crippen molar-refractivity contribution in [3.8, 4) is 11.5 Å². The largest absolute Gasteiger partial charge is 0.489 e. The Balaban J connectivity index is 0.000000167. The van der Waals surface area contributed by atoms with Crippen molar-refractivity contribution in [3.05, 3.63) is 209 Å². The highest BCUT2D eigenvalue weighted by Gasteiger charge is 2.40. The van der Waals surface area contributed by atoms with Gasteiger partial charge in [-0.2, -0.15) is 0 Å². The first-order valence-electron chi connectivity index (χ1n) is 35.5. The number of nitrogens with one attached hydrogen (secondary N) is 4. The smallest absolute Gasteiger partial charge is 0.220 e. The Kier molecular flexibility index (Phi) is 30.2. The lowest BCUT2D eigenvalue weighted by atomic mass is 9.89. The molecule has 2 unspecified atom stereocenters. The van der Waals surface area contributed by atoms with Gasteiger partial charge >= 0.3 is 0 Å². The molecule has 20 heteroatoms. The molecule has 4 heterocycles. The first kappa shape index (κ1) is 81.1. The van der Waals surface area contributed by atoms with Crippen molar-refractivity contribution in [2.75, 3.05) is 18.4 Å². The van der Waals surface area contributed by atoms with Gasteiger partial charge < -0.3 is 58.8 Å². The van der Waals surface area contributed by atoms with Gasteiger partial charge in [0.2, 0.25) is 5.91 Å². The van der Waals surface area contributed by atoms with Gasteiger partial charge in [0.1, 0.15) is 58.2 Å². The van der Waals surface area contributed by atoms with Crippen LogP contribution in [0.15, 0.2) is 170 Å². The van der Waals surface area contributed by atoms with Crippen molar-refractivity contribution in [2.24, 2.45) is 28.9 Å². The average Bonchev–Trinajstić information content (AvgIpc) is 1.63. The van der Waals surface area contributed by atoms with Gasteiger partial charge in [0, 0.05) is 44.5 Å². The quantitative estimate of drug-likeness (QED) is 0.0493. The number of nitrogens with two attached hydrogens (primary N) is 4. The maximum Gasteiger partial charge on any atom is 0.220 e. The monoisotopic (exact) mass is 1400 g/mol. The van der Waals surface area contributed by atoms with Gasteiger partial charge in [-0.25, -0.2) is 0 Å². The SMILES string of the molecule is CC(=O)C(N)C1Cc2ccccc2C1.CC(=O)C1(N)CCc2ccccc21.CC(=O)C1(N)Cc2ccccc2C1.CC(=O)[C@@H](N)[C@H](C)O.CC(=O)[C@@H]1C[C@H](Oc2ccc3ccccc3c2)CN1.CC(=O)[C@@H]1C[C@H](Oc2ccccc2)CN1.CC(=O)[C@@H]1Cc2ccccc2N1.CC(=O)[C@H]1CCC(=O)N1. The van der Waals surface area contributed by atoms with Crippen LogP contribution in [0.5, 0.6) is 11.5 Å². The third kappa shape index (κ3) is 23.6. The minimum atomic E-state index is -0.729. The number of para-hydroxylation sites is 2. The van der Waals surface area contributed by atoms with Crippen molar-refractivity contribution >= 4 is 68.6 Å². The van der Waals surface area contributed by atoms with Crippen molar-refractivity contribution in [2.45, 2.75) is 199 Å². The maximum atomic E-state index is 11.4. The summed E-state index contributed by atoms with van der Waals surface area (Å²) in [5.41, 5.74) is 31.5. The molecule has 7 aromatic carbocycles. The normalized spacial score (nSPS) is 21.7. The highest BCUT2D eigenvalue weighted by molar-refractivity contribution is 5.91. The predicted octanol–water partition coefficient (Wildman–Crippen LogP) is 8.44. The fourth-order valence-electron chi connectivity index (χ4n) is 13.2. The van der Waals surface area contributed by atoms with E-state index in [-0.39, 0.29) is 94.6 Å². The number of carbonyl (C=O) groups is 9. The van der Waals surface area contributed by atoms with E-state index in [4.69, 9.17) is 37.5 Å². The molecule has 103 heavy (non-hydrogen) atoms. The highest BCUT2D eigenvalue weighted by Crippen LogP contribution is 2.36. The summed E-state index contributed by atoms with van der Waals surface area (Å²) < 4.78 is 11.7. The Labute approximate surface area is 605 Å². The van der Waals surface area contributed by atoms with Gasteiger partial charge in [-0.1, -0.05) is 140 Å². The van der Waals surface area contributed by atoms with E-state index >= 15 is 0 Å². The number of hydrogen-bond donors (Lipinski definition) is 9. The molecule has 7 aromatic rings. The lowest BCUT2D eigenvalue weighted by molar-refractivity contribution is -0.123. The summed E-state index contributed by atoms with van der Waals surface area (Å²) in [7, 11) is 0. The molecule has 10 atom stereocenters. The molecular formula is C83H104N8O12. The molecule has 548 valence electrons. The lowest BCUT2D eigenvalue weighted by Gasteiger charge is -2.21. The molecule has 14 rings (SSSR count). The molecule has 0 spiro atoms. The second-order valence-electron chi connectivity index (χ2n) is 27.8. The number of benzene rings is 7. The Morgan fingerprint density at radius 2 is 0.961 bits per heavy atom. The van der Waals surface area contributed by atoms with Crippen LogP contribution in [0.2, 0.25) is 0 Å². The summed E-state index contributed by atoms with van der Waals surface area (Å²) in [5.74, 6) is 2.76. The number of aliphatic hydroxyl groups excluding tert-OH is 1. The first-order valence-corrected chi connectivity index (χ1v) is 35.5. The Hall–Kier alpha value is -9.25. The minimum absolute atomic E-state index is 0.00222. The van der Waals surface area contributed by atoms with Crippen molar-refractivity contribution in [1.29, 1.82) is 0 Å². The van der Waals surface area contributed by atoms with Crippen LogP contribution in [-0.4, -0.2) is 130 Å². The average molecular weight is 1410 g/mol. The van der Waals surface area contributed by atoms with Crippen molar-refractivity contribution in [3.63, 3.8) is 0 Å². The zero-order valence-corrected chi connectivity index (χ0v) is 60.9. The van der Waals surface area contributed by atoms with Gasteiger partial charge in [0.25, 0.3) is 0 Å². The standard InChI is InChI=1S/C16H17NO2.C12H15NO2.C12H15NO.2C11H13NO.C10H11NO.C6H9NO2.C5H11NO2/c1-11(18)16-9-15(10-17-16)19-14-7-6-12-4-2-3-5-13(12)8-14;1-9(14)12-7-11(8-13-12)15-10-5-3-2-4-6-10;1-8(14)12(13)11-6-9-4-2-3-5-10(9)7-11;1-8(13)11(12)6-9-4-2-3-5-10(9)7-11;1-8(13)11(12)7-6-9-4-2-3-5-10(9)11;1-7(12)10-6-8-4-2-3-5-9(8)11-10;1-4(8)5-2-3-6(9)7-5;1-3(7)5(6)4(2)8/h2-8,15-17H,9-10H2,1H3;2-6,11-13H,7-8H2,1H3;2-5,11-12H,6-7,13H2,1H3;2*2-5H,6-7,12H2,1H3;2-5,10-11H,6H2,1H3;5H,2-3H2,1H3,(H,7,9);3,5,7H,6H2,1-2H3/t15-,16-;11-,12-;;;;10-;5-;3-,5-/m00...010/s1. The molecule has 7 aliphatic rings.